The van der Waals surface area contributed by atoms with E-state index in [4.69, 9.17) is 0 Å². The first-order chi connectivity index (χ1) is 15.4. The molecule has 8 heteroatoms. The zero-order chi connectivity index (χ0) is 23.1. The summed E-state index contributed by atoms with van der Waals surface area (Å²) in [6, 6.07) is 9.17. The Morgan fingerprint density at radius 2 is 1.88 bits per heavy atom. The normalized spacial score (nSPS) is 19.5. The minimum Gasteiger partial charge on any atom is -0.352 e. The van der Waals surface area contributed by atoms with Crippen LogP contribution in [-0.2, 0) is 11.3 Å². The summed E-state index contributed by atoms with van der Waals surface area (Å²) in [5.41, 5.74) is 0.615. The van der Waals surface area contributed by atoms with Crippen molar-refractivity contribution < 1.29 is 9.59 Å². The van der Waals surface area contributed by atoms with E-state index in [1.165, 1.54) is 31.0 Å². The molecule has 1 aliphatic carbocycles. The lowest BCUT2D eigenvalue weighted by molar-refractivity contribution is -0.119. The summed E-state index contributed by atoms with van der Waals surface area (Å²) in [6.07, 6.45) is 4.67. The van der Waals surface area contributed by atoms with Crippen molar-refractivity contribution in [3.8, 4) is 0 Å². The lowest BCUT2D eigenvalue weighted by Gasteiger charge is -2.29. The Morgan fingerprint density at radius 1 is 1.16 bits per heavy atom. The minimum atomic E-state index is -0.276. The van der Waals surface area contributed by atoms with Crippen LogP contribution in [0.4, 0.5) is 0 Å². The van der Waals surface area contributed by atoms with Crippen molar-refractivity contribution in [2.24, 2.45) is 11.8 Å². The van der Waals surface area contributed by atoms with E-state index in [9.17, 15) is 9.59 Å². The second-order valence-corrected chi connectivity index (χ2v) is 9.81. The molecule has 0 spiro atoms. The number of carbonyl (C=O) groups excluding carboxylic acids is 2. The molecular weight excluding hydrogens is 422 g/mol. The van der Waals surface area contributed by atoms with Crippen LogP contribution in [-0.4, -0.2) is 38.4 Å². The Kier molecular flexibility index (Phi) is 8.73. The van der Waals surface area contributed by atoms with E-state index in [1.807, 2.05) is 29.7 Å². The van der Waals surface area contributed by atoms with Crippen LogP contribution in [0.3, 0.4) is 0 Å². The van der Waals surface area contributed by atoms with Crippen molar-refractivity contribution in [2.45, 2.75) is 77.2 Å². The fraction of sp³-hybridized carbons (Fsp3) is 0.583. The van der Waals surface area contributed by atoms with E-state index < -0.39 is 0 Å². The van der Waals surface area contributed by atoms with Crippen LogP contribution < -0.4 is 10.6 Å². The molecule has 2 aromatic rings. The number of nitrogens with one attached hydrogen (secondary N) is 2. The lowest BCUT2D eigenvalue weighted by atomic mass is 9.86. The van der Waals surface area contributed by atoms with Crippen molar-refractivity contribution in [2.75, 3.05) is 5.75 Å². The third-order valence-electron chi connectivity index (χ3n) is 6.12. The zero-order valence-corrected chi connectivity index (χ0v) is 20.3. The average molecular weight is 458 g/mol. The molecule has 1 aliphatic rings. The minimum absolute atomic E-state index is 0.0405. The highest BCUT2D eigenvalue weighted by Gasteiger charge is 2.27. The fourth-order valence-electron chi connectivity index (χ4n) is 4.19. The Morgan fingerprint density at radius 3 is 2.53 bits per heavy atom. The first-order valence-electron chi connectivity index (χ1n) is 11.6. The first kappa shape index (κ1) is 24.3. The number of aromatic nitrogens is 3. The summed E-state index contributed by atoms with van der Waals surface area (Å²) in [5, 5.41) is 15.8. The topological polar surface area (TPSA) is 88.9 Å². The average Bonchev–Trinajstić information content (AvgIpc) is 3.20. The maximum Gasteiger partial charge on any atom is 0.251 e. The van der Waals surface area contributed by atoms with Gasteiger partial charge < -0.3 is 15.2 Å². The van der Waals surface area contributed by atoms with Gasteiger partial charge in [-0.15, -0.1) is 10.2 Å². The van der Waals surface area contributed by atoms with Crippen molar-refractivity contribution in [1.82, 2.24) is 25.4 Å². The number of nitrogens with zero attached hydrogens (tertiary/aromatic N) is 3. The second-order valence-electron chi connectivity index (χ2n) is 8.87. The SMILES string of the molecule is CCn1c(SCC(=O)N[C@H]2CCCC[C@H]2C)nnc1[C@@H](NC(=O)c1ccccc1)C(C)C. The van der Waals surface area contributed by atoms with Gasteiger partial charge in [0.05, 0.1) is 11.8 Å². The van der Waals surface area contributed by atoms with Gasteiger partial charge in [0.2, 0.25) is 5.91 Å². The molecule has 7 nitrogen and oxygen atoms in total. The van der Waals surface area contributed by atoms with Gasteiger partial charge in [-0.2, -0.15) is 0 Å². The molecule has 0 aliphatic heterocycles. The lowest BCUT2D eigenvalue weighted by Crippen LogP contribution is -2.41. The van der Waals surface area contributed by atoms with Gasteiger partial charge in [-0.3, -0.25) is 9.59 Å². The molecule has 1 aromatic carbocycles. The van der Waals surface area contributed by atoms with Crippen molar-refractivity contribution >= 4 is 23.6 Å². The number of hydrogen-bond acceptors (Lipinski definition) is 5. The molecule has 0 saturated heterocycles. The maximum absolute atomic E-state index is 12.7. The summed E-state index contributed by atoms with van der Waals surface area (Å²) < 4.78 is 2.00. The van der Waals surface area contributed by atoms with Gasteiger partial charge in [-0.25, -0.2) is 0 Å². The largest absolute Gasteiger partial charge is 0.352 e. The number of amides is 2. The summed E-state index contributed by atoms with van der Waals surface area (Å²) in [6.45, 7) is 9.01. The molecule has 0 bridgehead atoms. The van der Waals surface area contributed by atoms with E-state index in [0.717, 1.165) is 12.2 Å². The summed E-state index contributed by atoms with van der Waals surface area (Å²) in [5.74, 6) is 1.60. The Balaban J connectivity index is 1.66. The Hall–Kier alpha value is -2.35. The van der Waals surface area contributed by atoms with E-state index >= 15 is 0 Å². The molecule has 3 atom stereocenters. The molecule has 2 amide bonds. The monoisotopic (exact) mass is 457 g/mol. The van der Waals surface area contributed by atoms with Gasteiger partial charge in [0.15, 0.2) is 11.0 Å². The predicted molar refractivity (Wildman–Crippen MR) is 127 cm³/mol. The van der Waals surface area contributed by atoms with Gasteiger partial charge in [0.25, 0.3) is 5.91 Å². The second kappa shape index (κ2) is 11.5. The fourth-order valence-corrected chi connectivity index (χ4v) is 5.01. The molecule has 174 valence electrons. The smallest absolute Gasteiger partial charge is 0.251 e. The number of carbonyl (C=O) groups is 2. The van der Waals surface area contributed by atoms with Gasteiger partial charge in [-0.05, 0) is 43.7 Å². The van der Waals surface area contributed by atoms with Crippen LogP contribution >= 0.6 is 11.8 Å². The number of thioether (sulfide) groups is 1. The molecule has 0 unspecified atom stereocenters. The van der Waals surface area contributed by atoms with Crippen LogP contribution in [0, 0.1) is 11.8 Å². The molecule has 1 fully saturated rings. The third kappa shape index (κ3) is 6.12. The van der Waals surface area contributed by atoms with Crippen LogP contribution in [0.25, 0.3) is 0 Å². The summed E-state index contributed by atoms with van der Waals surface area (Å²) >= 11 is 1.40. The summed E-state index contributed by atoms with van der Waals surface area (Å²) in [4.78, 5) is 25.3. The molecule has 1 heterocycles. The van der Waals surface area contributed by atoms with Crippen LogP contribution in [0.15, 0.2) is 35.5 Å². The predicted octanol–water partition coefficient (Wildman–Crippen LogP) is 4.21. The molecule has 32 heavy (non-hydrogen) atoms. The number of rotatable bonds is 9. The van der Waals surface area contributed by atoms with Gasteiger partial charge in [0, 0.05) is 18.2 Å². The maximum atomic E-state index is 12.7. The van der Waals surface area contributed by atoms with E-state index in [-0.39, 0.29) is 29.8 Å². The highest BCUT2D eigenvalue weighted by Crippen LogP contribution is 2.26. The first-order valence-corrected chi connectivity index (χ1v) is 12.6. The molecule has 2 N–H and O–H groups in total. The standard InChI is InChI=1S/C24H35N5O2S/c1-5-29-22(21(16(2)3)26-23(31)18-12-7-6-8-13-18)27-28-24(29)32-15-20(30)25-19-14-10-9-11-17(19)4/h6-8,12-13,16-17,19,21H,5,9-11,14-15H2,1-4H3,(H,25,30)(H,26,31)/t17-,19+,21+/m1/s1. The van der Waals surface area contributed by atoms with Crippen molar-refractivity contribution in [3.63, 3.8) is 0 Å². The van der Waals surface area contributed by atoms with Gasteiger partial charge >= 0.3 is 0 Å². The molecular formula is C24H35N5O2S. The van der Waals surface area contributed by atoms with Gasteiger partial charge in [-0.1, -0.05) is 63.6 Å². The highest BCUT2D eigenvalue weighted by atomic mass is 32.2. The zero-order valence-electron chi connectivity index (χ0n) is 19.5. The summed E-state index contributed by atoms with van der Waals surface area (Å²) in [7, 11) is 0. The highest BCUT2D eigenvalue weighted by molar-refractivity contribution is 7.99. The molecule has 0 radical (unpaired) electrons. The van der Waals surface area contributed by atoms with Crippen molar-refractivity contribution in [3.05, 3.63) is 41.7 Å². The number of benzene rings is 1. The third-order valence-corrected chi connectivity index (χ3v) is 7.09. The van der Waals surface area contributed by atoms with Crippen molar-refractivity contribution in [1.29, 1.82) is 0 Å². The van der Waals surface area contributed by atoms with Crippen LogP contribution in [0.2, 0.25) is 0 Å². The van der Waals surface area contributed by atoms with E-state index in [0.29, 0.717) is 28.9 Å². The van der Waals surface area contributed by atoms with E-state index in [2.05, 4.69) is 41.6 Å². The number of hydrogen-bond donors (Lipinski definition) is 2. The van der Waals surface area contributed by atoms with E-state index in [1.54, 1.807) is 12.1 Å². The quantitative estimate of drug-likeness (QED) is 0.551. The Labute approximate surface area is 195 Å². The Bertz CT molecular complexity index is 899. The van der Waals surface area contributed by atoms with Crippen LogP contribution in [0.1, 0.15) is 75.6 Å². The van der Waals surface area contributed by atoms with Crippen LogP contribution in [0.5, 0.6) is 0 Å². The molecule has 1 saturated carbocycles. The molecule has 3 rings (SSSR count). The molecule has 1 aromatic heterocycles. The van der Waals surface area contributed by atoms with Gasteiger partial charge in [0.1, 0.15) is 0 Å².